The van der Waals surface area contributed by atoms with E-state index >= 15 is 0 Å². The third-order valence-corrected chi connectivity index (χ3v) is 3.52. The van der Waals surface area contributed by atoms with E-state index in [9.17, 15) is 4.79 Å². The Morgan fingerprint density at radius 3 is 2.85 bits per heavy atom. The Bertz CT molecular complexity index is 644. The van der Waals surface area contributed by atoms with Gasteiger partial charge in [-0.05, 0) is 37.0 Å². The van der Waals surface area contributed by atoms with Gasteiger partial charge in [-0.25, -0.2) is 0 Å². The average Bonchev–Trinajstić information content (AvgIpc) is 3.28. The number of nitrogens with zero attached hydrogens (tertiary/aromatic N) is 1. The van der Waals surface area contributed by atoms with Crippen LogP contribution >= 0.6 is 0 Å². The van der Waals surface area contributed by atoms with Crippen LogP contribution in [0.15, 0.2) is 30.5 Å². The van der Waals surface area contributed by atoms with Crippen LogP contribution in [0.3, 0.4) is 0 Å². The van der Waals surface area contributed by atoms with Crippen molar-refractivity contribution < 1.29 is 9.53 Å². The molecule has 1 aromatic heterocycles. The molecule has 0 radical (unpaired) electrons. The molecule has 0 atom stereocenters. The molecule has 1 aromatic carbocycles. The molecule has 2 aromatic rings. The molecule has 20 heavy (non-hydrogen) atoms. The molecule has 0 spiro atoms. The van der Waals surface area contributed by atoms with Crippen molar-refractivity contribution in [2.45, 2.75) is 26.7 Å². The van der Waals surface area contributed by atoms with E-state index in [4.69, 9.17) is 4.74 Å². The first-order chi connectivity index (χ1) is 9.66. The van der Waals surface area contributed by atoms with Crippen LogP contribution in [0.5, 0.6) is 5.75 Å². The molecule has 1 aliphatic carbocycles. The van der Waals surface area contributed by atoms with Gasteiger partial charge in [-0.1, -0.05) is 19.9 Å². The maximum Gasteiger partial charge on any atom is 0.166 e. The Morgan fingerprint density at radius 2 is 2.15 bits per heavy atom. The number of hydrogen-bond donors (Lipinski definition) is 0. The Kier molecular flexibility index (Phi) is 3.43. The van der Waals surface area contributed by atoms with Gasteiger partial charge in [-0.2, -0.15) is 0 Å². The van der Waals surface area contributed by atoms with Crippen LogP contribution in [0, 0.1) is 11.8 Å². The topological polar surface area (TPSA) is 39.2 Å². The summed E-state index contributed by atoms with van der Waals surface area (Å²) in [4.78, 5) is 16.7. The average molecular weight is 269 g/mol. The minimum Gasteiger partial charge on any atom is -0.491 e. The van der Waals surface area contributed by atoms with Gasteiger partial charge in [0.25, 0.3) is 0 Å². The number of pyridine rings is 1. The fourth-order valence-corrected chi connectivity index (χ4v) is 2.30. The van der Waals surface area contributed by atoms with Gasteiger partial charge in [-0.3, -0.25) is 9.78 Å². The number of Topliss-reactive ketones (excluding diaryl/α,β-unsaturated/α-hetero) is 1. The molecule has 3 rings (SSSR count). The third kappa shape index (κ3) is 2.53. The van der Waals surface area contributed by atoms with Crippen molar-refractivity contribution in [1.82, 2.24) is 4.98 Å². The lowest BCUT2D eigenvalue weighted by Crippen LogP contribution is -2.07. The van der Waals surface area contributed by atoms with E-state index < -0.39 is 0 Å². The Hall–Kier alpha value is -1.90. The number of carbonyl (C=O) groups excluding carboxylic acids is 1. The van der Waals surface area contributed by atoms with Crippen molar-refractivity contribution in [2.75, 3.05) is 6.61 Å². The van der Waals surface area contributed by atoms with Gasteiger partial charge in [0.1, 0.15) is 11.3 Å². The summed E-state index contributed by atoms with van der Waals surface area (Å²) in [5, 5.41) is 0.908. The largest absolute Gasteiger partial charge is 0.491 e. The predicted molar refractivity (Wildman–Crippen MR) is 79.1 cm³/mol. The Labute approximate surface area is 119 Å². The van der Waals surface area contributed by atoms with Gasteiger partial charge in [0.15, 0.2) is 5.78 Å². The second-order valence-corrected chi connectivity index (χ2v) is 5.85. The minimum absolute atomic E-state index is 0.223. The zero-order valence-corrected chi connectivity index (χ0v) is 11.9. The van der Waals surface area contributed by atoms with E-state index in [1.54, 1.807) is 6.20 Å². The molecule has 1 heterocycles. The number of benzene rings is 1. The summed E-state index contributed by atoms with van der Waals surface area (Å²) in [6.45, 7) is 4.88. The van der Waals surface area contributed by atoms with Crippen LogP contribution in [0.25, 0.3) is 10.9 Å². The molecule has 0 N–H and O–H groups in total. The summed E-state index contributed by atoms with van der Waals surface area (Å²) in [6, 6.07) is 7.60. The van der Waals surface area contributed by atoms with Crippen LogP contribution in [0.2, 0.25) is 0 Å². The molecular weight excluding hydrogens is 250 g/mol. The lowest BCUT2D eigenvalue weighted by Gasteiger charge is -2.12. The van der Waals surface area contributed by atoms with Crippen molar-refractivity contribution in [2.24, 2.45) is 11.8 Å². The van der Waals surface area contributed by atoms with Crippen molar-refractivity contribution >= 4 is 16.7 Å². The molecule has 0 aliphatic heterocycles. The highest BCUT2D eigenvalue weighted by atomic mass is 16.5. The lowest BCUT2D eigenvalue weighted by molar-refractivity contribution is 0.0969. The van der Waals surface area contributed by atoms with E-state index in [1.807, 2.05) is 24.3 Å². The highest BCUT2D eigenvalue weighted by Gasteiger charge is 2.31. The van der Waals surface area contributed by atoms with E-state index in [2.05, 4.69) is 18.8 Å². The molecule has 0 saturated heterocycles. The summed E-state index contributed by atoms with van der Waals surface area (Å²) in [5.74, 6) is 1.70. The van der Waals surface area contributed by atoms with Gasteiger partial charge in [0.2, 0.25) is 0 Å². The molecule has 104 valence electrons. The SMILES string of the molecule is CC(C)COc1ccc(C(=O)C2CC2)c2cccnc12. The van der Waals surface area contributed by atoms with E-state index in [-0.39, 0.29) is 11.7 Å². The monoisotopic (exact) mass is 269 g/mol. The summed E-state index contributed by atoms with van der Waals surface area (Å²) < 4.78 is 5.82. The number of fused-ring (bicyclic) bond motifs is 1. The number of hydrogen-bond acceptors (Lipinski definition) is 3. The van der Waals surface area contributed by atoms with Crippen LogP contribution in [-0.4, -0.2) is 17.4 Å². The minimum atomic E-state index is 0.223. The van der Waals surface area contributed by atoms with E-state index in [0.717, 1.165) is 35.1 Å². The van der Waals surface area contributed by atoms with Gasteiger partial charge >= 0.3 is 0 Å². The first-order valence-electron chi connectivity index (χ1n) is 7.21. The molecule has 0 unspecified atom stereocenters. The van der Waals surface area contributed by atoms with Crippen LogP contribution < -0.4 is 4.74 Å². The lowest BCUT2D eigenvalue weighted by atomic mass is 10.0. The van der Waals surface area contributed by atoms with Crippen LogP contribution in [-0.2, 0) is 0 Å². The quantitative estimate of drug-likeness (QED) is 0.774. The molecule has 1 aliphatic rings. The summed E-state index contributed by atoms with van der Waals surface area (Å²) in [7, 11) is 0. The highest BCUT2D eigenvalue weighted by Crippen LogP contribution is 2.36. The fourth-order valence-electron chi connectivity index (χ4n) is 2.30. The van der Waals surface area contributed by atoms with Gasteiger partial charge in [0, 0.05) is 23.1 Å². The number of aromatic nitrogens is 1. The Balaban J connectivity index is 2.02. The first kappa shape index (κ1) is 13.1. The summed E-state index contributed by atoms with van der Waals surface area (Å²) in [5.41, 5.74) is 1.58. The maximum atomic E-state index is 12.3. The van der Waals surface area contributed by atoms with Crippen LogP contribution in [0.1, 0.15) is 37.0 Å². The molecule has 0 bridgehead atoms. The van der Waals surface area contributed by atoms with Gasteiger partial charge < -0.3 is 4.74 Å². The smallest absolute Gasteiger partial charge is 0.166 e. The van der Waals surface area contributed by atoms with Crippen molar-refractivity contribution in [3.05, 3.63) is 36.0 Å². The molecule has 3 heteroatoms. The van der Waals surface area contributed by atoms with Crippen molar-refractivity contribution in [3.63, 3.8) is 0 Å². The normalized spacial score (nSPS) is 14.8. The number of carbonyl (C=O) groups is 1. The molecule has 1 fully saturated rings. The second kappa shape index (κ2) is 5.23. The summed E-state index contributed by atoms with van der Waals surface area (Å²) >= 11 is 0. The van der Waals surface area contributed by atoms with E-state index in [1.165, 1.54) is 0 Å². The highest BCUT2D eigenvalue weighted by molar-refractivity contribution is 6.10. The van der Waals surface area contributed by atoms with Crippen LogP contribution in [0.4, 0.5) is 0 Å². The third-order valence-electron chi connectivity index (χ3n) is 3.52. The Morgan fingerprint density at radius 1 is 1.35 bits per heavy atom. The second-order valence-electron chi connectivity index (χ2n) is 5.85. The maximum absolute atomic E-state index is 12.3. The zero-order valence-electron chi connectivity index (χ0n) is 11.9. The fraction of sp³-hybridized carbons (Fsp3) is 0.412. The van der Waals surface area contributed by atoms with E-state index in [0.29, 0.717) is 12.5 Å². The molecular formula is C17H19NO2. The first-order valence-corrected chi connectivity index (χ1v) is 7.21. The molecule has 1 saturated carbocycles. The zero-order chi connectivity index (χ0) is 14.1. The number of rotatable bonds is 5. The number of ether oxygens (including phenoxy) is 1. The number of ketones is 1. The summed E-state index contributed by atoms with van der Waals surface area (Å²) in [6.07, 6.45) is 3.79. The van der Waals surface area contributed by atoms with Crippen molar-refractivity contribution in [3.8, 4) is 5.75 Å². The van der Waals surface area contributed by atoms with Crippen molar-refractivity contribution in [1.29, 1.82) is 0 Å². The van der Waals surface area contributed by atoms with Gasteiger partial charge in [0.05, 0.1) is 6.61 Å². The van der Waals surface area contributed by atoms with Gasteiger partial charge in [-0.15, -0.1) is 0 Å². The molecule has 0 amide bonds. The molecule has 3 nitrogen and oxygen atoms in total. The standard InChI is InChI=1S/C17H19NO2/c1-11(2)10-20-15-8-7-14(17(19)12-5-6-12)13-4-3-9-18-16(13)15/h3-4,7-9,11-12H,5-6,10H2,1-2H3. The predicted octanol–water partition coefficient (Wildman–Crippen LogP) is 3.86.